The summed E-state index contributed by atoms with van der Waals surface area (Å²) in [7, 11) is 0. The number of nitrogens with zero attached hydrogens (tertiary/aromatic N) is 1. The fourth-order valence-corrected chi connectivity index (χ4v) is 1.69. The van der Waals surface area contributed by atoms with Crippen LogP contribution in [0.15, 0.2) is 29.2 Å². The molecule has 86 valence electrons. The highest BCUT2D eigenvalue weighted by Gasteiger charge is 2.16. The number of nitro groups is 1. The number of carboxylic acid groups (broad SMARTS) is 1. The second-order valence-electron chi connectivity index (χ2n) is 3.00. The van der Waals surface area contributed by atoms with E-state index < -0.39 is 16.9 Å². The predicted molar refractivity (Wildman–Crippen MR) is 59.2 cm³/mol. The van der Waals surface area contributed by atoms with Gasteiger partial charge >= 0.3 is 5.97 Å². The fourth-order valence-electron chi connectivity index (χ4n) is 0.897. The number of nitrogens with one attached hydrogen (secondary N) is 1. The van der Waals surface area contributed by atoms with E-state index in [2.05, 4.69) is 4.72 Å². The molecule has 0 spiro atoms. The minimum absolute atomic E-state index is 0.0439. The van der Waals surface area contributed by atoms with Gasteiger partial charge in [0.2, 0.25) is 0 Å². The lowest BCUT2D eigenvalue weighted by Crippen LogP contribution is -2.28. The SMILES string of the molecule is C[C@@H](NSc1ccccc1[N+](=O)[O-])C(=O)O. The van der Waals surface area contributed by atoms with Gasteiger partial charge in [0, 0.05) is 6.07 Å². The summed E-state index contributed by atoms with van der Waals surface area (Å²) in [6.07, 6.45) is 0. The first-order valence-corrected chi connectivity index (χ1v) is 5.22. The topological polar surface area (TPSA) is 92.5 Å². The lowest BCUT2D eigenvalue weighted by Gasteiger charge is -2.07. The Labute approximate surface area is 95.9 Å². The third kappa shape index (κ3) is 3.21. The third-order valence-electron chi connectivity index (χ3n) is 1.78. The van der Waals surface area contributed by atoms with E-state index >= 15 is 0 Å². The summed E-state index contributed by atoms with van der Waals surface area (Å²) in [4.78, 5) is 21.1. The lowest BCUT2D eigenvalue weighted by molar-refractivity contribution is -0.387. The van der Waals surface area contributed by atoms with Crippen LogP contribution >= 0.6 is 11.9 Å². The maximum absolute atomic E-state index is 10.6. The Bertz CT molecular complexity index is 410. The summed E-state index contributed by atoms with van der Waals surface area (Å²) >= 11 is 0.939. The normalized spacial score (nSPS) is 12.1. The van der Waals surface area contributed by atoms with Crippen molar-refractivity contribution in [3.8, 4) is 0 Å². The fraction of sp³-hybridized carbons (Fsp3) is 0.222. The summed E-state index contributed by atoms with van der Waals surface area (Å²) in [6.45, 7) is 1.46. The van der Waals surface area contributed by atoms with E-state index in [1.165, 1.54) is 13.0 Å². The smallest absolute Gasteiger partial charge is 0.321 e. The van der Waals surface area contributed by atoms with Gasteiger partial charge in [0.15, 0.2) is 0 Å². The van der Waals surface area contributed by atoms with Gasteiger partial charge in [-0.05, 0) is 24.9 Å². The van der Waals surface area contributed by atoms with Crippen LogP contribution in [-0.2, 0) is 4.79 Å². The van der Waals surface area contributed by atoms with Crippen molar-refractivity contribution >= 4 is 23.6 Å². The molecular formula is C9H10N2O4S. The minimum atomic E-state index is -1.01. The van der Waals surface area contributed by atoms with Crippen molar-refractivity contribution in [1.29, 1.82) is 0 Å². The van der Waals surface area contributed by atoms with Crippen LogP contribution in [0.1, 0.15) is 6.92 Å². The zero-order chi connectivity index (χ0) is 12.1. The van der Waals surface area contributed by atoms with Gasteiger partial charge in [0.25, 0.3) is 5.69 Å². The predicted octanol–water partition coefficient (Wildman–Crippen LogP) is 1.66. The van der Waals surface area contributed by atoms with Crippen molar-refractivity contribution in [2.75, 3.05) is 0 Å². The molecule has 0 saturated carbocycles. The van der Waals surface area contributed by atoms with Gasteiger partial charge in [-0.1, -0.05) is 12.1 Å². The van der Waals surface area contributed by atoms with Gasteiger partial charge in [-0.2, -0.15) is 0 Å². The van der Waals surface area contributed by atoms with Gasteiger partial charge in [-0.15, -0.1) is 0 Å². The van der Waals surface area contributed by atoms with E-state index in [9.17, 15) is 14.9 Å². The van der Waals surface area contributed by atoms with Gasteiger partial charge < -0.3 is 5.11 Å². The lowest BCUT2D eigenvalue weighted by atomic mass is 10.3. The Morgan fingerprint density at radius 2 is 2.19 bits per heavy atom. The zero-order valence-electron chi connectivity index (χ0n) is 8.41. The van der Waals surface area contributed by atoms with E-state index in [1.54, 1.807) is 18.2 Å². The highest BCUT2D eigenvalue weighted by Crippen LogP contribution is 2.26. The molecule has 7 heteroatoms. The van der Waals surface area contributed by atoms with Gasteiger partial charge in [0.05, 0.1) is 4.92 Å². The molecule has 1 rings (SSSR count). The van der Waals surface area contributed by atoms with Crippen molar-refractivity contribution in [3.63, 3.8) is 0 Å². The number of carboxylic acids is 1. The van der Waals surface area contributed by atoms with E-state index in [0.29, 0.717) is 4.90 Å². The first kappa shape index (κ1) is 12.5. The average molecular weight is 242 g/mol. The third-order valence-corrected chi connectivity index (χ3v) is 2.81. The van der Waals surface area contributed by atoms with Crippen LogP contribution in [0.5, 0.6) is 0 Å². The number of aliphatic carboxylic acids is 1. The van der Waals surface area contributed by atoms with Crippen molar-refractivity contribution in [3.05, 3.63) is 34.4 Å². The summed E-state index contributed by atoms with van der Waals surface area (Å²) in [5, 5.41) is 19.3. The van der Waals surface area contributed by atoms with Crippen LogP contribution < -0.4 is 4.72 Å². The Balaban J connectivity index is 2.74. The first-order valence-electron chi connectivity index (χ1n) is 4.41. The number of hydrogen-bond acceptors (Lipinski definition) is 5. The molecule has 0 aliphatic heterocycles. The van der Waals surface area contributed by atoms with E-state index in [-0.39, 0.29) is 5.69 Å². The molecule has 16 heavy (non-hydrogen) atoms. The molecule has 0 aliphatic rings. The maximum Gasteiger partial charge on any atom is 0.321 e. The maximum atomic E-state index is 10.6. The van der Waals surface area contributed by atoms with Crippen LogP contribution in [0.3, 0.4) is 0 Å². The molecule has 0 heterocycles. The van der Waals surface area contributed by atoms with Crippen molar-refractivity contribution in [1.82, 2.24) is 4.72 Å². The molecule has 0 aromatic heterocycles. The summed E-state index contributed by atoms with van der Waals surface area (Å²) < 4.78 is 2.61. The minimum Gasteiger partial charge on any atom is -0.480 e. The number of para-hydroxylation sites is 1. The molecular weight excluding hydrogens is 232 g/mol. The molecule has 0 aliphatic carbocycles. The quantitative estimate of drug-likeness (QED) is 0.463. The molecule has 1 atom stereocenters. The van der Waals surface area contributed by atoms with Gasteiger partial charge in [-0.3, -0.25) is 14.9 Å². The Hall–Kier alpha value is -1.60. The van der Waals surface area contributed by atoms with E-state index in [4.69, 9.17) is 5.11 Å². The molecule has 0 saturated heterocycles. The molecule has 1 aromatic carbocycles. The summed E-state index contributed by atoms with van der Waals surface area (Å²) in [6, 6.07) is 5.37. The molecule has 2 N–H and O–H groups in total. The second kappa shape index (κ2) is 5.47. The molecule has 0 fully saturated rings. The average Bonchev–Trinajstić information content (AvgIpc) is 2.25. The van der Waals surface area contributed by atoms with Crippen LogP contribution in [-0.4, -0.2) is 22.0 Å². The Kier molecular flexibility index (Phi) is 4.27. The van der Waals surface area contributed by atoms with E-state index in [1.807, 2.05) is 0 Å². The largest absolute Gasteiger partial charge is 0.480 e. The standard InChI is InChI=1S/C9H10N2O4S/c1-6(9(12)13)10-16-8-5-3-2-4-7(8)11(14)15/h2-6,10H,1H3,(H,12,13)/t6-/m1/s1. The summed E-state index contributed by atoms with van der Waals surface area (Å²) in [5.41, 5.74) is -0.0439. The second-order valence-corrected chi connectivity index (χ2v) is 3.88. The van der Waals surface area contributed by atoms with Crippen LogP contribution in [0.25, 0.3) is 0 Å². The zero-order valence-corrected chi connectivity index (χ0v) is 9.23. The first-order chi connectivity index (χ1) is 7.52. The highest BCUT2D eigenvalue weighted by atomic mass is 32.2. The van der Waals surface area contributed by atoms with Crippen molar-refractivity contribution in [2.45, 2.75) is 17.9 Å². The number of nitro benzene ring substituents is 1. The van der Waals surface area contributed by atoms with Crippen LogP contribution in [0.2, 0.25) is 0 Å². The monoisotopic (exact) mass is 242 g/mol. The van der Waals surface area contributed by atoms with Gasteiger partial charge in [0.1, 0.15) is 10.9 Å². The molecule has 0 unspecified atom stereocenters. The summed E-state index contributed by atoms with van der Waals surface area (Å²) in [5.74, 6) is -1.01. The Morgan fingerprint density at radius 1 is 1.56 bits per heavy atom. The Morgan fingerprint density at radius 3 is 2.75 bits per heavy atom. The van der Waals surface area contributed by atoms with Gasteiger partial charge in [-0.25, -0.2) is 4.72 Å². The number of carbonyl (C=O) groups is 1. The van der Waals surface area contributed by atoms with Crippen LogP contribution in [0.4, 0.5) is 5.69 Å². The molecule has 0 radical (unpaired) electrons. The molecule has 0 amide bonds. The molecule has 1 aromatic rings. The van der Waals surface area contributed by atoms with Crippen molar-refractivity contribution < 1.29 is 14.8 Å². The number of benzene rings is 1. The van der Waals surface area contributed by atoms with Crippen LogP contribution in [0, 0.1) is 10.1 Å². The van der Waals surface area contributed by atoms with E-state index in [0.717, 1.165) is 11.9 Å². The van der Waals surface area contributed by atoms with Crippen molar-refractivity contribution in [2.24, 2.45) is 0 Å². The number of rotatable bonds is 5. The highest BCUT2D eigenvalue weighted by molar-refractivity contribution is 7.97. The molecule has 6 nitrogen and oxygen atoms in total. The number of hydrogen-bond donors (Lipinski definition) is 2. The molecule has 0 bridgehead atoms.